The second-order valence-electron chi connectivity index (χ2n) is 3.85. The Morgan fingerprint density at radius 2 is 2.17 bits per heavy atom. The number of hydrogen-bond acceptors (Lipinski definition) is 5. The van der Waals surface area contributed by atoms with Crippen LogP contribution >= 0.6 is 0 Å². The van der Waals surface area contributed by atoms with Crippen molar-refractivity contribution in [3.05, 3.63) is 35.3 Å². The highest BCUT2D eigenvalue weighted by Crippen LogP contribution is 2.20. The molecule has 0 atom stereocenters. The van der Waals surface area contributed by atoms with Crippen LogP contribution < -0.4 is 10.6 Å². The molecule has 0 radical (unpaired) electrons. The number of rotatable bonds is 3. The molecule has 0 saturated carbocycles. The lowest BCUT2D eigenvalue weighted by molar-refractivity contribution is 0.102. The third kappa shape index (κ3) is 2.17. The van der Waals surface area contributed by atoms with Gasteiger partial charge in [-0.3, -0.25) is 15.1 Å². The van der Waals surface area contributed by atoms with Gasteiger partial charge in [0.25, 0.3) is 5.91 Å². The zero-order valence-electron chi connectivity index (χ0n) is 10.4. The fraction of sp³-hybridized carbons (Fsp3) is 0.250. The van der Waals surface area contributed by atoms with Gasteiger partial charge in [0.05, 0.1) is 23.1 Å². The monoisotopic (exact) mass is 246 g/mol. The molecule has 0 unspecified atom stereocenters. The van der Waals surface area contributed by atoms with Crippen molar-refractivity contribution in [2.45, 2.75) is 13.8 Å². The molecular weight excluding hydrogens is 232 g/mol. The molecule has 18 heavy (non-hydrogen) atoms. The first-order chi connectivity index (χ1) is 8.63. The minimum absolute atomic E-state index is 0.263. The number of hydrogen-bond donors (Lipinski definition) is 2. The zero-order chi connectivity index (χ0) is 13.1. The molecule has 0 aliphatic carbocycles. The summed E-state index contributed by atoms with van der Waals surface area (Å²) in [5.74, 6) is 0.109. The predicted octanol–water partition coefficient (Wildman–Crippen LogP) is 1.98. The van der Waals surface area contributed by atoms with E-state index in [1.807, 2.05) is 13.8 Å². The summed E-state index contributed by atoms with van der Waals surface area (Å²) in [7, 11) is 1.73. The van der Waals surface area contributed by atoms with Gasteiger partial charge in [0, 0.05) is 18.8 Å². The van der Waals surface area contributed by atoms with E-state index >= 15 is 0 Å². The second-order valence-corrected chi connectivity index (χ2v) is 3.85. The van der Waals surface area contributed by atoms with E-state index in [-0.39, 0.29) is 5.91 Å². The standard InChI is InChI=1S/C12H14N4O2/c1-7-8(2)16-18-12(7)15-11(17)9-4-5-14-6-10(9)13-3/h4-6,13H,1-3H3,(H,15,17). The van der Waals surface area contributed by atoms with Gasteiger partial charge in [0.2, 0.25) is 5.88 Å². The third-order valence-electron chi connectivity index (χ3n) is 2.72. The number of nitrogens with one attached hydrogen (secondary N) is 2. The first-order valence-electron chi connectivity index (χ1n) is 5.49. The molecule has 94 valence electrons. The maximum Gasteiger partial charge on any atom is 0.260 e. The largest absolute Gasteiger partial charge is 0.386 e. The minimum Gasteiger partial charge on any atom is -0.386 e. The summed E-state index contributed by atoms with van der Waals surface area (Å²) >= 11 is 0. The van der Waals surface area contributed by atoms with Crippen molar-refractivity contribution >= 4 is 17.5 Å². The summed E-state index contributed by atoms with van der Waals surface area (Å²) in [5, 5.41) is 9.39. The number of anilines is 2. The molecule has 0 fully saturated rings. The molecule has 6 nitrogen and oxygen atoms in total. The van der Waals surface area contributed by atoms with Crippen LogP contribution in [0.4, 0.5) is 11.6 Å². The second kappa shape index (κ2) is 4.87. The molecule has 0 spiro atoms. The SMILES string of the molecule is CNc1cnccc1C(=O)Nc1onc(C)c1C. The zero-order valence-corrected chi connectivity index (χ0v) is 10.4. The number of amides is 1. The highest BCUT2D eigenvalue weighted by atomic mass is 16.5. The molecule has 2 N–H and O–H groups in total. The van der Waals surface area contributed by atoms with Gasteiger partial charge in [0.1, 0.15) is 0 Å². The van der Waals surface area contributed by atoms with Gasteiger partial charge in [-0.1, -0.05) is 5.16 Å². The lowest BCUT2D eigenvalue weighted by atomic mass is 10.2. The van der Waals surface area contributed by atoms with E-state index in [1.54, 1.807) is 25.5 Å². The molecule has 2 aromatic rings. The molecule has 2 heterocycles. The first kappa shape index (κ1) is 12.1. The molecule has 6 heteroatoms. The molecule has 0 bridgehead atoms. The van der Waals surface area contributed by atoms with Crippen molar-refractivity contribution in [1.82, 2.24) is 10.1 Å². The highest BCUT2D eigenvalue weighted by Gasteiger charge is 2.15. The van der Waals surface area contributed by atoms with Crippen LogP contribution in [0.15, 0.2) is 23.0 Å². The summed E-state index contributed by atoms with van der Waals surface area (Å²) in [5.41, 5.74) is 2.74. The lowest BCUT2D eigenvalue weighted by Crippen LogP contribution is -2.14. The quantitative estimate of drug-likeness (QED) is 0.865. The van der Waals surface area contributed by atoms with E-state index in [1.165, 1.54) is 0 Å². The van der Waals surface area contributed by atoms with Crippen molar-refractivity contribution in [1.29, 1.82) is 0 Å². The Labute approximate surface area is 104 Å². The molecule has 1 amide bonds. The molecule has 0 saturated heterocycles. The van der Waals surface area contributed by atoms with Gasteiger partial charge in [-0.15, -0.1) is 0 Å². The molecule has 0 aliphatic rings. The van der Waals surface area contributed by atoms with Crippen LogP contribution in [0.3, 0.4) is 0 Å². The molecule has 0 aliphatic heterocycles. The Balaban J connectivity index is 2.25. The van der Waals surface area contributed by atoms with Crippen LogP contribution in [0.2, 0.25) is 0 Å². The Kier molecular flexibility index (Phi) is 3.27. The normalized spacial score (nSPS) is 10.2. The van der Waals surface area contributed by atoms with Crippen molar-refractivity contribution < 1.29 is 9.32 Å². The van der Waals surface area contributed by atoms with E-state index in [4.69, 9.17) is 4.52 Å². The van der Waals surface area contributed by atoms with Crippen LogP contribution in [-0.2, 0) is 0 Å². The molecule has 2 aromatic heterocycles. The Bertz CT molecular complexity index is 577. The number of nitrogens with zero attached hydrogens (tertiary/aromatic N) is 2. The van der Waals surface area contributed by atoms with Gasteiger partial charge in [-0.05, 0) is 19.9 Å². The van der Waals surface area contributed by atoms with E-state index in [2.05, 4.69) is 20.8 Å². The summed E-state index contributed by atoms with van der Waals surface area (Å²) in [6.45, 7) is 3.66. The van der Waals surface area contributed by atoms with Gasteiger partial charge in [-0.2, -0.15) is 0 Å². The van der Waals surface area contributed by atoms with Crippen molar-refractivity contribution in [3.8, 4) is 0 Å². The Morgan fingerprint density at radius 3 is 2.78 bits per heavy atom. The summed E-state index contributed by atoms with van der Waals surface area (Å²) in [4.78, 5) is 16.0. The van der Waals surface area contributed by atoms with Gasteiger partial charge >= 0.3 is 0 Å². The molecule has 2 rings (SSSR count). The summed E-state index contributed by atoms with van der Waals surface area (Å²) < 4.78 is 5.04. The van der Waals surface area contributed by atoms with Crippen molar-refractivity contribution in [2.24, 2.45) is 0 Å². The van der Waals surface area contributed by atoms with Crippen LogP contribution in [-0.4, -0.2) is 23.1 Å². The maximum absolute atomic E-state index is 12.1. The fourth-order valence-electron chi connectivity index (χ4n) is 1.49. The van der Waals surface area contributed by atoms with Gasteiger partial charge < -0.3 is 9.84 Å². The fourth-order valence-corrected chi connectivity index (χ4v) is 1.49. The highest BCUT2D eigenvalue weighted by molar-refractivity contribution is 6.07. The van der Waals surface area contributed by atoms with Crippen molar-refractivity contribution in [2.75, 3.05) is 17.7 Å². The van der Waals surface area contributed by atoms with E-state index in [0.29, 0.717) is 17.1 Å². The van der Waals surface area contributed by atoms with E-state index in [9.17, 15) is 4.79 Å². The lowest BCUT2D eigenvalue weighted by Gasteiger charge is -2.07. The van der Waals surface area contributed by atoms with Crippen LogP contribution in [0.5, 0.6) is 0 Å². The minimum atomic E-state index is -0.263. The average Bonchev–Trinajstić information content (AvgIpc) is 2.70. The van der Waals surface area contributed by atoms with Crippen LogP contribution in [0.25, 0.3) is 0 Å². The molecule has 0 aromatic carbocycles. The Hall–Kier alpha value is -2.37. The number of aryl methyl sites for hydroxylation is 1. The molecular formula is C12H14N4O2. The number of pyridine rings is 1. The summed E-state index contributed by atoms with van der Waals surface area (Å²) in [6, 6.07) is 1.64. The van der Waals surface area contributed by atoms with E-state index in [0.717, 1.165) is 11.3 Å². The number of carbonyl (C=O) groups excluding carboxylic acids is 1. The maximum atomic E-state index is 12.1. The Morgan fingerprint density at radius 1 is 1.39 bits per heavy atom. The van der Waals surface area contributed by atoms with Crippen LogP contribution in [0, 0.1) is 13.8 Å². The summed E-state index contributed by atoms with van der Waals surface area (Å²) in [6.07, 6.45) is 3.15. The number of aromatic nitrogens is 2. The topological polar surface area (TPSA) is 80.0 Å². The van der Waals surface area contributed by atoms with Gasteiger partial charge in [0.15, 0.2) is 0 Å². The number of carbonyl (C=O) groups is 1. The van der Waals surface area contributed by atoms with Crippen LogP contribution in [0.1, 0.15) is 21.6 Å². The third-order valence-corrected chi connectivity index (χ3v) is 2.72. The van der Waals surface area contributed by atoms with E-state index < -0.39 is 0 Å². The van der Waals surface area contributed by atoms with Crippen molar-refractivity contribution in [3.63, 3.8) is 0 Å². The van der Waals surface area contributed by atoms with Gasteiger partial charge in [-0.25, -0.2) is 0 Å². The smallest absolute Gasteiger partial charge is 0.260 e. The predicted molar refractivity (Wildman–Crippen MR) is 67.7 cm³/mol. The first-order valence-corrected chi connectivity index (χ1v) is 5.49. The average molecular weight is 246 g/mol.